The monoisotopic (exact) mass is 160 g/mol. The maximum atomic E-state index is 5.47. The number of nitrogens with zero attached hydrogens (tertiary/aromatic N) is 2. The van der Waals surface area contributed by atoms with E-state index in [4.69, 9.17) is 11.6 Å². The van der Waals surface area contributed by atoms with Gasteiger partial charge in [0.25, 0.3) is 0 Å². The second kappa shape index (κ2) is 3.41. The molecule has 1 rings (SSSR count). The van der Waals surface area contributed by atoms with Crippen molar-refractivity contribution in [1.82, 2.24) is 15.2 Å². The van der Waals surface area contributed by atoms with E-state index in [9.17, 15) is 0 Å². The predicted octanol–water partition coefficient (Wildman–Crippen LogP) is 1.28. The third-order valence-electron chi connectivity index (χ3n) is 0.991. The molecule has 10 heavy (non-hydrogen) atoms. The molecule has 0 bridgehead atoms. The van der Waals surface area contributed by atoms with Gasteiger partial charge in [-0.1, -0.05) is 6.92 Å². The van der Waals surface area contributed by atoms with Gasteiger partial charge in [-0.3, -0.25) is 0 Å². The van der Waals surface area contributed by atoms with Gasteiger partial charge in [-0.25, -0.2) is 5.10 Å². The van der Waals surface area contributed by atoms with Gasteiger partial charge < -0.3 is 5.32 Å². The van der Waals surface area contributed by atoms with E-state index >= 15 is 0 Å². The van der Waals surface area contributed by atoms with Crippen molar-refractivity contribution in [3.63, 3.8) is 0 Å². The van der Waals surface area contributed by atoms with Crippen molar-refractivity contribution >= 4 is 17.5 Å². The molecule has 0 radical (unpaired) electrons. The van der Waals surface area contributed by atoms with Crippen molar-refractivity contribution in [3.8, 4) is 0 Å². The third kappa shape index (κ3) is 1.88. The smallest absolute Gasteiger partial charge is 0.243 e. The molecule has 0 aliphatic carbocycles. The van der Waals surface area contributed by atoms with Gasteiger partial charge in [0, 0.05) is 6.54 Å². The SMILES string of the molecule is CCCNc1n[nH]c(Cl)n1. The zero-order valence-electron chi connectivity index (χ0n) is 5.69. The van der Waals surface area contributed by atoms with Crippen LogP contribution in [0.15, 0.2) is 0 Å². The zero-order chi connectivity index (χ0) is 7.40. The Kier molecular flexibility index (Phi) is 2.50. The highest BCUT2D eigenvalue weighted by Crippen LogP contribution is 2.02. The molecule has 0 saturated carbocycles. The molecular formula is C5H9ClN4. The maximum absolute atomic E-state index is 5.47. The Labute approximate surface area is 64.0 Å². The summed E-state index contributed by atoms with van der Waals surface area (Å²) in [5.41, 5.74) is 0. The van der Waals surface area contributed by atoms with Gasteiger partial charge in [-0.2, -0.15) is 4.98 Å². The summed E-state index contributed by atoms with van der Waals surface area (Å²) in [7, 11) is 0. The number of hydrogen-bond acceptors (Lipinski definition) is 3. The van der Waals surface area contributed by atoms with Gasteiger partial charge in [0.1, 0.15) is 0 Å². The molecule has 1 heterocycles. The first-order valence-corrected chi connectivity index (χ1v) is 3.52. The highest BCUT2D eigenvalue weighted by Gasteiger charge is 1.96. The lowest BCUT2D eigenvalue weighted by atomic mass is 10.5. The van der Waals surface area contributed by atoms with Gasteiger partial charge >= 0.3 is 0 Å². The Bertz CT molecular complexity index is 197. The number of nitrogens with one attached hydrogen (secondary N) is 2. The lowest BCUT2D eigenvalue weighted by Crippen LogP contribution is -2.00. The van der Waals surface area contributed by atoms with Crippen LogP contribution in [0.2, 0.25) is 5.28 Å². The molecule has 0 unspecified atom stereocenters. The predicted molar refractivity (Wildman–Crippen MR) is 40.2 cm³/mol. The van der Waals surface area contributed by atoms with Gasteiger partial charge in [0.2, 0.25) is 11.2 Å². The van der Waals surface area contributed by atoms with E-state index < -0.39 is 0 Å². The second-order valence-electron chi connectivity index (χ2n) is 1.88. The average molecular weight is 161 g/mol. The molecular weight excluding hydrogens is 152 g/mol. The number of H-pyrrole nitrogens is 1. The molecule has 0 fully saturated rings. The minimum atomic E-state index is 0.318. The first kappa shape index (κ1) is 7.34. The standard InChI is InChI=1S/C5H9ClN4/c1-2-3-7-5-8-4(6)9-10-5/h2-3H2,1H3,(H2,7,8,9,10). The number of hydrogen-bond donors (Lipinski definition) is 2. The number of anilines is 1. The summed E-state index contributed by atoms with van der Waals surface area (Å²) < 4.78 is 0. The molecule has 4 nitrogen and oxygen atoms in total. The Morgan fingerprint density at radius 3 is 3.00 bits per heavy atom. The largest absolute Gasteiger partial charge is 0.353 e. The van der Waals surface area contributed by atoms with Crippen molar-refractivity contribution in [3.05, 3.63) is 5.28 Å². The van der Waals surface area contributed by atoms with Crippen LogP contribution in [0.4, 0.5) is 5.95 Å². The summed E-state index contributed by atoms with van der Waals surface area (Å²) in [5, 5.41) is 9.59. The maximum Gasteiger partial charge on any atom is 0.243 e. The Balaban J connectivity index is 2.42. The van der Waals surface area contributed by atoms with Crippen molar-refractivity contribution in [2.75, 3.05) is 11.9 Å². The summed E-state index contributed by atoms with van der Waals surface area (Å²) in [4.78, 5) is 3.84. The molecule has 0 spiro atoms. The minimum absolute atomic E-state index is 0.318. The van der Waals surface area contributed by atoms with E-state index in [0.29, 0.717) is 11.2 Å². The van der Waals surface area contributed by atoms with Crippen molar-refractivity contribution in [2.24, 2.45) is 0 Å². The Hall–Kier alpha value is -0.770. The van der Waals surface area contributed by atoms with Crippen LogP contribution in [0, 0.1) is 0 Å². The molecule has 1 aromatic heterocycles. The van der Waals surface area contributed by atoms with E-state index in [1.54, 1.807) is 0 Å². The number of halogens is 1. The molecule has 0 atom stereocenters. The second-order valence-corrected chi connectivity index (χ2v) is 2.23. The van der Waals surface area contributed by atoms with E-state index in [1.807, 2.05) is 0 Å². The molecule has 5 heteroatoms. The fraction of sp³-hybridized carbons (Fsp3) is 0.600. The van der Waals surface area contributed by atoms with Crippen LogP contribution in [-0.2, 0) is 0 Å². The summed E-state index contributed by atoms with van der Waals surface area (Å²) >= 11 is 5.47. The quantitative estimate of drug-likeness (QED) is 0.701. The third-order valence-corrected chi connectivity index (χ3v) is 1.16. The summed E-state index contributed by atoms with van der Waals surface area (Å²) in [6.07, 6.45) is 1.05. The molecule has 1 aromatic rings. The molecule has 2 N–H and O–H groups in total. The Morgan fingerprint density at radius 2 is 2.50 bits per heavy atom. The van der Waals surface area contributed by atoms with Gasteiger partial charge in [0.15, 0.2) is 0 Å². The normalized spacial score (nSPS) is 9.80. The van der Waals surface area contributed by atoms with Crippen LogP contribution in [0.1, 0.15) is 13.3 Å². The lowest BCUT2D eigenvalue weighted by molar-refractivity contribution is 0.954. The molecule has 0 aromatic carbocycles. The first-order chi connectivity index (χ1) is 4.83. The summed E-state index contributed by atoms with van der Waals surface area (Å²) in [5.74, 6) is 0.562. The van der Waals surface area contributed by atoms with Crippen LogP contribution in [0.5, 0.6) is 0 Å². The fourth-order valence-electron chi connectivity index (χ4n) is 0.558. The number of aromatic amines is 1. The van der Waals surface area contributed by atoms with Crippen LogP contribution < -0.4 is 5.32 Å². The Morgan fingerprint density at radius 1 is 1.70 bits per heavy atom. The lowest BCUT2D eigenvalue weighted by Gasteiger charge is -1.94. The molecule has 0 aliphatic rings. The number of rotatable bonds is 3. The van der Waals surface area contributed by atoms with Gasteiger partial charge in [0.05, 0.1) is 0 Å². The first-order valence-electron chi connectivity index (χ1n) is 3.14. The zero-order valence-corrected chi connectivity index (χ0v) is 6.44. The van der Waals surface area contributed by atoms with Crippen LogP contribution in [0.25, 0.3) is 0 Å². The number of aromatic nitrogens is 3. The highest BCUT2D eigenvalue weighted by molar-refractivity contribution is 6.28. The van der Waals surface area contributed by atoms with Crippen molar-refractivity contribution in [1.29, 1.82) is 0 Å². The summed E-state index contributed by atoms with van der Waals surface area (Å²) in [6, 6.07) is 0. The molecule has 56 valence electrons. The van der Waals surface area contributed by atoms with E-state index in [0.717, 1.165) is 13.0 Å². The van der Waals surface area contributed by atoms with E-state index in [1.165, 1.54) is 0 Å². The molecule has 0 aliphatic heterocycles. The molecule has 0 saturated heterocycles. The van der Waals surface area contributed by atoms with E-state index in [2.05, 4.69) is 27.4 Å². The fourth-order valence-corrected chi connectivity index (χ4v) is 0.680. The van der Waals surface area contributed by atoms with Gasteiger partial charge in [-0.15, -0.1) is 5.10 Å². The van der Waals surface area contributed by atoms with Crippen molar-refractivity contribution < 1.29 is 0 Å². The molecule has 0 amide bonds. The van der Waals surface area contributed by atoms with E-state index in [-0.39, 0.29) is 0 Å². The average Bonchev–Trinajstić information content (AvgIpc) is 2.31. The van der Waals surface area contributed by atoms with Crippen molar-refractivity contribution in [2.45, 2.75) is 13.3 Å². The highest BCUT2D eigenvalue weighted by atomic mass is 35.5. The van der Waals surface area contributed by atoms with Crippen LogP contribution in [-0.4, -0.2) is 21.7 Å². The minimum Gasteiger partial charge on any atom is -0.353 e. The van der Waals surface area contributed by atoms with Crippen LogP contribution in [0.3, 0.4) is 0 Å². The summed E-state index contributed by atoms with van der Waals surface area (Å²) in [6.45, 7) is 2.94. The van der Waals surface area contributed by atoms with Gasteiger partial charge in [-0.05, 0) is 18.0 Å². The topological polar surface area (TPSA) is 53.6 Å². The van der Waals surface area contributed by atoms with Crippen LogP contribution >= 0.6 is 11.6 Å².